The number of morpholine rings is 1. The maximum absolute atomic E-state index is 12.5. The molecule has 0 aromatic heterocycles. The third-order valence-electron chi connectivity index (χ3n) is 4.02. The second-order valence-electron chi connectivity index (χ2n) is 6.41. The van der Waals surface area contributed by atoms with Gasteiger partial charge in [0.1, 0.15) is 0 Å². The molecule has 21 heavy (non-hydrogen) atoms. The minimum atomic E-state index is 0.0697. The van der Waals surface area contributed by atoms with Crippen molar-refractivity contribution in [2.75, 3.05) is 51.8 Å². The highest BCUT2D eigenvalue weighted by Crippen LogP contribution is 2.30. The zero-order valence-corrected chi connectivity index (χ0v) is 14.3. The summed E-state index contributed by atoms with van der Waals surface area (Å²) >= 11 is 1.76. The summed E-state index contributed by atoms with van der Waals surface area (Å²) in [4.78, 5) is 16.7. The predicted octanol–water partition coefficient (Wildman–Crippen LogP) is 1.49. The van der Waals surface area contributed by atoms with Crippen LogP contribution in [0.15, 0.2) is 0 Å². The van der Waals surface area contributed by atoms with E-state index in [1.165, 1.54) is 12.8 Å². The molecule has 0 aromatic rings. The molecule has 1 saturated heterocycles. The Balaban J connectivity index is 1.85. The van der Waals surface area contributed by atoms with Crippen molar-refractivity contribution in [1.82, 2.24) is 15.1 Å². The van der Waals surface area contributed by atoms with Crippen LogP contribution >= 0.6 is 11.8 Å². The Kier molecular flexibility index (Phi) is 6.64. The second-order valence-corrected chi connectivity index (χ2v) is 7.32. The number of thioether (sulfide) groups is 1. The Labute approximate surface area is 132 Å². The third-order valence-corrected chi connectivity index (χ3v) is 4.85. The molecule has 2 unspecified atom stereocenters. The maximum atomic E-state index is 12.5. The van der Waals surface area contributed by atoms with Gasteiger partial charge in [-0.3, -0.25) is 0 Å². The number of carbonyl (C=O) groups excluding carboxylic acids is 1. The molecule has 2 amide bonds. The second kappa shape index (κ2) is 8.25. The van der Waals surface area contributed by atoms with Gasteiger partial charge in [-0.05, 0) is 39.0 Å². The number of rotatable bonds is 7. The van der Waals surface area contributed by atoms with Gasteiger partial charge in [0.05, 0.1) is 12.7 Å². The lowest BCUT2D eigenvalue weighted by Crippen LogP contribution is -2.52. The van der Waals surface area contributed by atoms with E-state index in [4.69, 9.17) is 4.74 Å². The zero-order chi connectivity index (χ0) is 15.2. The third kappa shape index (κ3) is 6.04. The van der Waals surface area contributed by atoms with E-state index in [1.807, 2.05) is 4.90 Å². The Morgan fingerprint density at radius 3 is 2.86 bits per heavy atom. The van der Waals surface area contributed by atoms with Gasteiger partial charge in [-0.1, -0.05) is 0 Å². The summed E-state index contributed by atoms with van der Waals surface area (Å²) in [6.45, 7) is 6.31. The molecule has 2 aliphatic rings. The molecule has 2 rings (SSSR count). The molecular formula is C15H29N3O2S. The molecule has 1 heterocycles. The Morgan fingerprint density at radius 2 is 2.24 bits per heavy atom. The average Bonchev–Trinajstić information content (AvgIpc) is 3.22. The first-order valence-corrected chi connectivity index (χ1v) is 9.32. The number of likely N-dealkylation sites (N-methyl/N-ethyl adjacent to an activating group) is 1. The van der Waals surface area contributed by atoms with E-state index in [2.05, 4.69) is 30.4 Å². The van der Waals surface area contributed by atoms with Crippen molar-refractivity contribution in [3.05, 3.63) is 0 Å². The number of urea groups is 1. The molecule has 1 aliphatic carbocycles. The minimum Gasteiger partial charge on any atom is -0.374 e. The van der Waals surface area contributed by atoms with Gasteiger partial charge in [-0.25, -0.2) is 4.79 Å². The Bertz CT molecular complexity index is 339. The molecule has 1 saturated carbocycles. The van der Waals surface area contributed by atoms with E-state index >= 15 is 0 Å². The summed E-state index contributed by atoms with van der Waals surface area (Å²) in [6, 6.07) is 0.282. The van der Waals surface area contributed by atoms with E-state index in [1.54, 1.807) is 11.8 Å². The lowest BCUT2D eigenvalue weighted by atomic mass is 10.2. The van der Waals surface area contributed by atoms with Gasteiger partial charge < -0.3 is 19.9 Å². The summed E-state index contributed by atoms with van der Waals surface area (Å²) < 4.78 is 5.82. The van der Waals surface area contributed by atoms with Gasteiger partial charge in [-0.2, -0.15) is 11.8 Å². The van der Waals surface area contributed by atoms with Crippen molar-refractivity contribution < 1.29 is 9.53 Å². The molecular weight excluding hydrogens is 286 g/mol. The van der Waals surface area contributed by atoms with E-state index < -0.39 is 0 Å². The number of carbonyl (C=O) groups is 1. The molecule has 2 atom stereocenters. The fourth-order valence-electron chi connectivity index (χ4n) is 2.67. The van der Waals surface area contributed by atoms with Crippen molar-refractivity contribution in [1.29, 1.82) is 0 Å². The van der Waals surface area contributed by atoms with E-state index in [0.29, 0.717) is 12.5 Å². The number of nitrogens with zero attached hydrogens (tertiary/aromatic N) is 2. The topological polar surface area (TPSA) is 44.8 Å². The summed E-state index contributed by atoms with van der Waals surface area (Å²) in [6.07, 6.45) is 4.73. The molecule has 5 nitrogen and oxygen atoms in total. The standard InChI is InChI=1S/C15H29N3O2S/c1-12(11-21-3)16-15(19)18(8-13-4-5-13)10-14-9-17(2)6-7-20-14/h12-14H,4-11H2,1-3H3,(H,16,19). The average molecular weight is 315 g/mol. The first-order chi connectivity index (χ1) is 10.1. The molecule has 1 N–H and O–H groups in total. The highest BCUT2D eigenvalue weighted by atomic mass is 32.2. The number of hydrogen-bond acceptors (Lipinski definition) is 4. The summed E-state index contributed by atoms with van der Waals surface area (Å²) in [5.41, 5.74) is 0. The lowest BCUT2D eigenvalue weighted by Gasteiger charge is -2.34. The molecule has 2 fully saturated rings. The van der Waals surface area contributed by atoms with Crippen molar-refractivity contribution in [2.45, 2.75) is 31.9 Å². The van der Waals surface area contributed by atoms with Crippen LogP contribution in [0.25, 0.3) is 0 Å². The van der Waals surface area contributed by atoms with Gasteiger partial charge in [0.2, 0.25) is 0 Å². The van der Waals surface area contributed by atoms with Crippen LogP contribution in [-0.2, 0) is 4.74 Å². The Morgan fingerprint density at radius 1 is 1.48 bits per heavy atom. The van der Waals surface area contributed by atoms with Crippen LogP contribution in [-0.4, -0.2) is 79.8 Å². The van der Waals surface area contributed by atoms with Crippen LogP contribution in [0.1, 0.15) is 19.8 Å². The van der Waals surface area contributed by atoms with Crippen molar-refractivity contribution in [3.63, 3.8) is 0 Å². The van der Waals surface area contributed by atoms with Crippen molar-refractivity contribution in [2.24, 2.45) is 5.92 Å². The fraction of sp³-hybridized carbons (Fsp3) is 0.933. The normalized spacial score (nSPS) is 24.6. The lowest BCUT2D eigenvalue weighted by molar-refractivity contribution is -0.0309. The Hall–Kier alpha value is -0.460. The van der Waals surface area contributed by atoms with Gasteiger partial charge in [-0.15, -0.1) is 0 Å². The summed E-state index contributed by atoms with van der Waals surface area (Å²) in [5.74, 6) is 1.65. The zero-order valence-electron chi connectivity index (χ0n) is 13.5. The van der Waals surface area contributed by atoms with Crippen molar-refractivity contribution in [3.8, 4) is 0 Å². The quantitative estimate of drug-likeness (QED) is 0.773. The first kappa shape index (κ1) is 16.9. The monoisotopic (exact) mass is 315 g/mol. The highest BCUT2D eigenvalue weighted by molar-refractivity contribution is 7.98. The maximum Gasteiger partial charge on any atom is 0.317 e. The molecule has 122 valence electrons. The first-order valence-electron chi connectivity index (χ1n) is 7.93. The molecule has 0 radical (unpaired) electrons. The number of hydrogen-bond donors (Lipinski definition) is 1. The van der Waals surface area contributed by atoms with Gasteiger partial charge in [0.15, 0.2) is 0 Å². The van der Waals surface area contributed by atoms with E-state index in [-0.39, 0.29) is 18.2 Å². The van der Waals surface area contributed by atoms with Gasteiger partial charge >= 0.3 is 6.03 Å². The van der Waals surface area contributed by atoms with Crippen LogP contribution in [0.5, 0.6) is 0 Å². The van der Waals surface area contributed by atoms with Crippen molar-refractivity contribution >= 4 is 17.8 Å². The molecule has 6 heteroatoms. The minimum absolute atomic E-state index is 0.0697. The molecule has 0 aromatic carbocycles. The van der Waals surface area contributed by atoms with E-state index in [9.17, 15) is 4.79 Å². The van der Waals surface area contributed by atoms with Crippen LogP contribution in [0.2, 0.25) is 0 Å². The number of nitrogens with one attached hydrogen (secondary N) is 1. The van der Waals surface area contributed by atoms with Crippen LogP contribution in [0.4, 0.5) is 4.79 Å². The summed E-state index contributed by atoms with van der Waals surface area (Å²) in [5, 5.41) is 3.11. The number of amides is 2. The molecule has 0 bridgehead atoms. The largest absolute Gasteiger partial charge is 0.374 e. The molecule has 0 spiro atoms. The highest BCUT2D eigenvalue weighted by Gasteiger charge is 2.30. The van der Waals surface area contributed by atoms with Crippen LogP contribution in [0.3, 0.4) is 0 Å². The molecule has 1 aliphatic heterocycles. The van der Waals surface area contributed by atoms with Crippen LogP contribution in [0, 0.1) is 5.92 Å². The number of ether oxygens (including phenoxy) is 1. The van der Waals surface area contributed by atoms with E-state index in [0.717, 1.165) is 32.0 Å². The van der Waals surface area contributed by atoms with Gasteiger partial charge in [0.25, 0.3) is 0 Å². The predicted molar refractivity (Wildman–Crippen MR) is 87.9 cm³/mol. The SMILES string of the molecule is CSCC(C)NC(=O)N(CC1CC1)CC1CN(C)CCO1. The van der Waals surface area contributed by atoms with Crippen LogP contribution < -0.4 is 5.32 Å². The summed E-state index contributed by atoms with van der Waals surface area (Å²) in [7, 11) is 2.11. The smallest absolute Gasteiger partial charge is 0.317 e. The van der Waals surface area contributed by atoms with Gasteiger partial charge in [0, 0.05) is 38.0 Å². The fourth-order valence-corrected chi connectivity index (χ4v) is 3.25.